The molecule has 1 rings (SSSR count). The first-order valence-corrected chi connectivity index (χ1v) is 4.46. The van der Waals surface area contributed by atoms with Gasteiger partial charge in [-0.25, -0.2) is 0 Å². The van der Waals surface area contributed by atoms with Crippen molar-refractivity contribution in [3.63, 3.8) is 0 Å². The minimum absolute atomic E-state index is 0.0388. The maximum Gasteiger partial charge on any atom is 0.0489 e. The number of rotatable bonds is 2. The Morgan fingerprint density at radius 2 is 2.09 bits per heavy atom. The summed E-state index contributed by atoms with van der Waals surface area (Å²) in [6.07, 6.45) is 1.75. The molecular formula is C9H10IN. The van der Waals surface area contributed by atoms with Crippen molar-refractivity contribution in [3.05, 3.63) is 46.1 Å². The third-order valence-electron chi connectivity index (χ3n) is 1.52. The van der Waals surface area contributed by atoms with E-state index in [1.165, 1.54) is 3.57 Å². The standard InChI is InChI=1S/C9H10IN/c1-2-9(11)7-5-3-4-6-8(7)10/h2-6,9H,1,11H2. The summed E-state index contributed by atoms with van der Waals surface area (Å²) in [4.78, 5) is 0. The van der Waals surface area contributed by atoms with E-state index in [1.54, 1.807) is 6.08 Å². The zero-order valence-electron chi connectivity index (χ0n) is 6.13. The van der Waals surface area contributed by atoms with Gasteiger partial charge in [-0.2, -0.15) is 0 Å². The number of hydrogen-bond acceptors (Lipinski definition) is 1. The first-order valence-electron chi connectivity index (χ1n) is 3.38. The Morgan fingerprint density at radius 3 is 2.64 bits per heavy atom. The maximum absolute atomic E-state index is 5.77. The highest BCUT2D eigenvalue weighted by Gasteiger charge is 2.03. The van der Waals surface area contributed by atoms with Gasteiger partial charge in [-0.3, -0.25) is 0 Å². The van der Waals surface area contributed by atoms with Crippen LogP contribution in [0.5, 0.6) is 0 Å². The third kappa shape index (κ3) is 2.04. The minimum atomic E-state index is -0.0388. The van der Waals surface area contributed by atoms with Crippen molar-refractivity contribution in [3.8, 4) is 0 Å². The Balaban J connectivity index is 3.02. The first kappa shape index (κ1) is 8.74. The first-order chi connectivity index (χ1) is 5.25. The van der Waals surface area contributed by atoms with Crippen LogP contribution in [0.2, 0.25) is 0 Å². The molecule has 0 fully saturated rings. The topological polar surface area (TPSA) is 26.0 Å². The summed E-state index contributed by atoms with van der Waals surface area (Å²) in [5.74, 6) is 0. The highest BCUT2D eigenvalue weighted by atomic mass is 127. The lowest BCUT2D eigenvalue weighted by atomic mass is 10.1. The third-order valence-corrected chi connectivity index (χ3v) is 2.50. The Hall–Kier alpha value is -0.350. The van der Waals surface area contributed by atoms with E-state index in [2.05, 4.69) is 29.2 Å². The molecular weight excluding hydrogens is 249 g/mol. The van der Waals surface area contributed by atoms with E-state index in [0.717, 1.165) is 5.56 Å². The van der Waals surface area contributed by atoms with Gasteiger partial charge < -0.3 is 5.73 Å². The molecule has 0 saturated carbocycles. The second-order valence-corrected chi connectivity index (χ2v) is 3.45. The van der Waals surface area contributed by atoms with Crippen LogP contribution >= 0.6 is 22.6 Å². The average molecular weight is 259 g/mol. The number of hydrogen-bond donors (Lipinski definition) is 1. The van der Waals surface area contributed by atoms with Crippen LogP contribution in [-0.2, 0) is 0 Å². The van der Waals surface area contributed by atoms with Gasteiger partial charge in [0.2, 0.25) is 0 Å². The van der Waals surface area contributed by atoms with Crippen molar-refractivity contribution >= 4 is 22.6 Å². The van der Waals surface area contributed by atoms with E-state index in [-0.39, 0.29) is 6.04 Å². The Morgan fingerprint density at radius 1 is 1.45 bits per heavy atom. The van der Waals surface area contributed by atoms with Crippen molar-refractivity contribution < 1.29 is 0 Å². The fraction of sp³-hybridized carbons (Fsp3) is 0.111. The monoisotopic (exact) mass is 259 g/mol. The predicted octanol–water partition coefficient (Wildman–Crippen LogP) is 2.48. The van der Waals surface area contributed by atoms with Gasteiger partial charge in [0.15, 0.2) is 0 Å². The van der Waals surface area contributed by atoms with E-state index in [1.807, 2.05) is 24.3 Å². The van der Waals surface area contributed by atoms with Gasteiger partial charge in [0.25, 0.3) is 0 Å². The van der Waals surface area contributed by atoms with E-state index in [0.29, 0.717) is 0 Å². The lowest BCUT2D eigenvalue weighted by Crippen LogP contribution is -2.07. The largest absolute Gasteiger partial charge is 0.321 e. The van der Waals surface area contributed by atoms with Crippen molar-refractivity contribution in [2.75, 3.05) is 0 Å². The van der Waals surface area contributed by atoms with Crippen molar-refractivity contribution in [2.45, 2.75) is 6.04 Å². The summed E-state index contributed by atoms with van der Waals surface area (Å²) in [6.45, 7) is 3.65. The molecule has 0 bridgehead atoms. The molecule has 0 aliphatic carbocycles. The number of benzene rings is 1. The van der Waals surface area contributed by atoms with Gasteiger partial charge in [-0.1, -0.05) is 24.3 Å². The van der Waals surface area contributed by atoms with Crippen LogP contribution in [0, 0.1) is 3.57 Å². The van der Waals surface area contributed by atoms with Crippen LogP contribution in [-0.4, -0.2) is 0 Å². The van der Waals surface area contributed by atoms with Gasteiger partial charge in [-0.15, -0.1) is 6.58 Å². The van der Waals surface area contributed by atoms with Crippen LogP contribution in [0.4, 0.5) is 0 Å². The van der Waals surface area contributed by atoms with E-state index >= 15 is 0 Å². The molecule has 1 atom stereocenters. The molecule has 1 aromatic carbocycles. The fourth-order valence-electron chi connectivity index (χ4n) is 0.872. The van der Waals surface area contributed by atoms with Crippen LogP contribution in [0.3, 0.4) is 0 Å². The molecule has 0 heterocycles. The number of halogens is 1. The number of nitrogens with two attached hydrogens (primary N) is 1. The Kier molecular flexibility index (Phi) is 3.08. The Labute approximate surface area is 80.4 Å². The second-order valence-electron chi connectivity index (χ2n) is 2.28. The van der Waals surface area contributed by atoms with Crippen LogP contribution in [0.25, 0.3) is 0 Å². The summed E-state index contributed by atoms with van der Waals surface area (Å²) in [5.41, 5.74) is 6.91. The minimum Gasteiger partial charge on any atom is -0.321 e. The molecule has 0 aliphatic heterocycles. The average Bonchev–Trinajstić information content (AvgIpc) is 2.04. The summed E-state index contributed by atoms with van der Waals surface area (Å²) in [7, 11) is 0. The van der Waals surface area contributed by atoms with Gasteiger partial charge in [0.1, 0.15) is 0 Å². The molecule has 0 aliphatic rings. The zero-order chi connectivity index (χ0) is 8.27. The summed E-state index contributed by atoms with van der Waals surface area (Å²) in [5, 5.41) is 0. The molecule has 0 saturated heterocycles. The maximum atomic E-state index is 5.77. The summed E-state index contributed by atoms with van der Waals surface area (Å²) < 4.78 is 1.19. The molecule has 58 valence electrons. The lowest BCUT2D eigenvalue weighted by molar-refractivity contribution is 0.907. The SMILES string of the molecule is C=CC(N)c1ccccc1I. The van der Waals surface area contributed by atoms with E-state index in [9.17, 15) is 0 Å². The van der Waals surface area contributed by atoms with Gasteiger partial charge in [0.05, 0.1) is 0 Å². The summed E-state index contributed by atoms with van der Waals surface area (Å²) in [6, 6.07) is 8.01. The van der Waals surface area contributed by atoms with Crippen LogP contribution < -0.4 is 5.73 Å². The van der Waals surface area contributed by atoms with Gasteiger partial charge in [0, 0.05) is 9.61 Å². The van der Waals surface area contributed by atoms with Crippen LogP contribution in [0.15, 0.2) is 36.9 Å². The molecule has 1 aromatic rings. The van der Waals surface area contributed by atoms with Crippen LogP contribution in [0.1, 0.15) is 11.6 Å². The molecule has 0 radical (unpaired) electrons. The highest BCUT2D eigenvalue weighted by Crippen LogP contribution is 2.17. The van der Waals surface area contributed by atoms with Crippen molar-refractivity contribution in [2.24, 2.45) is 5.73 Å². The molecule has 2 N–H and O–H groups in total. The predicted molar refractivity (Wildman–Crippen MR) is 56.3 cm³/mol. The Bertz CT molecular complexity index is 257. The second kappa shape index (κ2) is 3.88. The molecule has 1 nitrogen and oxygen atoms in total. The smallest absolute Gasteiger partial charge is 0.0489 e. The van der Waals surface area contributed by atoms with E-state index < -0.39 is 0 Å². The van der Waals surface area contributed by atoms with Crippen molar-refractivity contribution in [1.29, 1.82) is 0 Å². The lowest BCUT2D eigenvalue weighted by Gasteiger charge is -2.07. The molecule has 0 spiro atoms. The van der Waals surface area contributed by atoms with E-state index in [4.69, 9.17) is 5.73 Å². The molecule has 0 aromatic heterocycles. The highest BCUT2D eigenvalue weighted by molar-refractivity contribution is 14.1. The van der Waals surface area contributed by atoms with Crippen molar-refractivity contribution in [1.82, 2.24) is 0 Å². The van der Waals surface area contributed by atoms with Gasteiger partial charge in [-0.05, 0) is 34.2 Å². The molecule has 0 amide bonds. The van der Waals surface area contributed by atoms with Gasteiger partial charge >= 0.3 is 0 Å². The molecule has 2 heteroatoms. The molecule has 11 heavy (non-hydrogen) atoms. The normalized spacial score (nSPS) is 12.5. The zero-order valence-corrected chi connectivity index (χ0v) is 8.28. The quantitative estimate of drug-likeness (QED) is 0.640. The fourth-order valence-corrected chi connectivity index (χ4v) is 1.62. The molecule has 1 unspecified atom stereocenters. The summed E-state index contributed by atoms with van der Waals surface area (Å²) >= 11 is 2.27.